The molecular weight excluding hydrogens is 251 g/mol. The molecule has 0 spiro atoms. The average molecular weight is 266 g/mol. The van der Waals surface area contributed by atoms with Gasteiger partial charge in [-0.05, 0) is 32.2 Å². The standard InChI is InChI=1S/C13H15FN2OS/c1-8-11(7-15-2)16-13(18-8)9-4-5-12(17-3)10(14)6-9/h4-6,15H,7H2,1-3H3. The van der Waals surface area contributed by atoms with E-state index in [2.05, 4.69) is 10.3 Å². The molecular formula is C13H15FN2OS. The van der Waals surface area contributed by atoms with Gasteiger partial charge in [-0.25, -0.2) is 9.37 Å². The Morgan fingerprint density at radius 2 is 2.22 bits per heavy atom. The van der Waals surface area contributed by atoms with Gasteiger partial charge >= 0.3 is 0 Å². The molecule has 0 amide bonds. The van der Waals surface area contributed by atoms with E-state index in [0.29, 0.717) is 0 Å². The van der Waals surface area contributed by atoms with Crippen molar-refractivity contribution >= 4 is 11.3 Å². The number of hydrogen-bond donors (Lipinski definition) is 1. The van der Waals surface area contributed by atoms with Crippen LogP contribution in [0.5, 0.6) is 5.75 Å². The highest BCUT2D eigenvalue weighted by molar-refractivity contribution is 7.15. The lowest BCUT2D eigenvalue weighted by atomic mass is 10.2. The first-order chi connectivity index (χ1) is 8.65. The van der Waals surface area contributed by atoms with Crippen LogP contribution in [0, 0.1) is 12.7 Å². The Balaban J connectivity index is 2.36. The minimum Gasteiger partial charge on any atom is -0.494 e. The van der Waals surface area contributed by atoms with E-state index < -0.39 is 0 Å². The first-order valence-electron chi connectivity index (χ1n) is 5.60. The molecule has 0 aliphatic heterocycles. The summed E-state index contributed by atoms with van der Waals surface area (Å²) in [6.45, 7) is 2.74. The van der Waals surface area contributed by atoms with E-state index in [1.165, 1.54) is 13.2 Å². The first kappa shape index (κ1) is 13.0. The lowest BCUT2D eigenvalue weighted by molar-refractivity contribution is 0.386. The van der Waals surface area contributed by atoms with Gasteiger partial charge < -0.3 is 10.1 Å². The molecule has 0 aliphatic rings. The highest BCUT2D eigenvalue weighted by Gasteiger charge is 2.11. The zero-order chi connectivity index (χ0) is 13.1. The van der Waals surface area contributed by atoms with E-state index in [1.807, 2.05) is 20.0 Å². The summed E-state index contributed by atoms with van der Waals surface area (Å²) < 4.78 is 18.5. The summed E-state index contributed by atoms with van der Waals surface area (Å²) in [4.78, 5) is 5.66. The predicted molar refractivity (Wildman–Crippen MR) is 71.6 cm³/mol. The molecule has 1 aromatic heterocycles. The Labute approximate surface area is 110 Å². The summed E-state index contributed by atoms with van der Waals surface area (Å²) in [6, 6.07) is 4.91. The molecule has 0 bridgehead atoms. The number of aryl methyl sites for hydroxylation is 1. The highest BCUT2D eigenvalue weighted by atomic mass is 32.1. The third kappa shape index (κ3) is 2.52. The van der Waals surface area contributed by atoms with Gasteiger partial charge in [0.15, 0.2) is 11.6 Å². The number of rotatable bonds is 4. The predicted octanol–water partition coefficient (Wildman–Crippen LogP) is 2.99. The van der Waals surface area contributed by atoms with Crippen molar-refractivity contribution in [1.82, 2.24) is 10.3 Å². The molecule has 0 radical (unpaired) electrons. The SMILES string of the molecule is CNCc1nc(-c2ccc(OC)c(F)c2)sc1C. The number of benzene rings is 1. The van der Waals surface area contributed by atoms with Gasteiger partial charge in [-0.3, -0.25) is 0 Å². The Morgan fingerprint density at radius 1 is 1.44 bits per heavy atom. The van der Waals surface area contributed by atoms with Crippen molar-refractivity contribution in [2.45, 2.75) is 13.5 Å². The van der Waals surface area contributed by atoms with Crippen LogP contribution in [0.3, 0.4) is 0 Å². The van der Waals surface area contributed by atoms with Crippen LogP contribution in [0.25, 0.3) is 10.6 Å². The molecule has 1 heterocycles. The van der Waals surface area contributed by atoms with Crippen molar-refractivity contribution < 1.29 is 9.13 Å². The third-order valence-corrected chi connectivity index (χ3v) is 3.70. The highest BCUT2D eigenvalue weighted by Crippen LogP contribution is 2.30. The number of ether oxygens (including phenoxy) is 1. The number of thiazole rings is 1. The number of nitrogens with zero attached hydrogens (tertiary/aromatic N) is 1. The molecule has 96 valence electrons. The maximum Gasteiger partial charge on any atom is 0.165 e. The Bertz CT molecular complexity index is 554. The van der Waals surface area contributed by atoms with E-state index in [-0.39, 0.29) is 11.6 Å². The van der Waals surface area contributed by atoms with Gasteiger partial charge in [0.2, 0.25) is 0 Å². The van der Waals surface area contributed by atoms with E-state index in [0.717, 1.165) is 27.7 Å². The molecule has 0 fully saturated rings. The molecule has 0 aliphatic carbocycles. The van der Waals surface area contributed by atoms with Gasteiger partial charge in [-0.1, -0.05) is 0 Å². The molecule has 0 saturated heterocycles. The van der Waals surface area contributed by atoms with Gasteiger partial charge in [0.25, 0.3) is 0 Å². The molecule has 1 aromatic carbocycles. The van der Waals surface area contributed by atoms with Gasteiger partial charge in [-0.15, -0.1) is 11.3 Å². The number of nitrogens with one attached hydrogen (secondary N) is 1. The fourth-order valence-corrected chi connectivity index (χ4v) is 2.61. The summed E-state index contributed by atoms with van der Waals surface area (Å²) in [5.41, 5.74) is 1.79. The van der Waals surface area contributed by atoms with Crippen molar-refractivity contribution in [3.05, 3.63) is 34.6 Å². The minimum absolute atomic E-state index is 0.252. The summed E-state index contributed by atoms with van der Waals surface area (Å²) >= 11 is 1.57. The van der Waals surface area contributed by atoms with E-state index in [4.69, 9.17) is 4.74 Å². The average Bonchev–Trinajstić information content (AvgIpc) is 2.71. The molecule has 3 nitrogen and oxygen atoms in total. The zero-order valence-corrected chi connectivity index (χ0v) is 11.4. The summed E-state index contributed by atoms with van der Waals surface area (Å²) in [5.74, 6) is -0.111. The number of methoxy groups -OCH3 is 1. The maximum atomic E-state index is 13.6. The van der Waals surface area contributed by atoms with Crippen molar-refractivity contribution in [1.29, 1.82) is 0 Å². The first-order valence-corrected chi connectivity index (χ1v) is 6.42. The molecule has 2 rings (SSSR count). The lowest BCUT2D eigenvalue weighted by Gasteiger charge is -2.02. The third-order valence-electron chi connectivity index (χ3n) is 2.64. The van der Waals surface area contributed by atoms with Crippen LogP contribution in [-0.2, 0) is 6.54 Å². The summed E-state index contributed by atoms with van der Waals surface area (Å²) in [5, 5.41) is 3.90. The largest absolute Gasteiger partial charge is 0.494 e. The second-order valence-corrected chi connectivity index (χ2v) is 5.10. The molecule has 0 atom stereocenters. The van der Waals surface area contributed by atoms with Crippen LogP contribution in [0.15, 0.2) is 18.2 Å². The molecule has 18 heavy (non-hydrogen) atoms. The van der Waals surface area contributed by atoms with E-state index >= 15 is 0 Å². The Morgan fingerprint density at radius 3 is 2.83 bits per heavy atom. The van der Waals surface area contributed by atoms with E-state index in [9.17, 15) is 4.39 Å². The smallest absolute Gasteiger partial charge is 0.165 e. The van der Waals surface area contributed by atoms with Crippen LogP contribution in [0.1, 0.15) is 10.6 Å². The normalized spacial score (nSPS) is 10.7. The van der Waals surface area contributed by atoms with Crippen LogP contribution in [0.2, 0.25) is 0 Å². The topological polar surface area (TPSA) is 34.2 Å². The van der Waals surface area contributed by atoms with Crippen molar-refractivity contribution in [2.75, 3.05) is 14.2 Å². The van der Waals surface area contributed by atoms with Gasteiger partial charge in [-0.2, -0.15) is 0 Å². The monoisotopic (exact) mass is 266 g/mol. The molecule has 5 heteroatoms. The molecule has 0 unspecified atom stereocenters. The van der Waals surface area contributed by atoms with Crippen LogP contribution < -0.4 is 10.1 Å². The van der Waals surface area contributed by atoms with Crippen molar-refractivity contribution in [3.63, 3.8) is 0 Å². The van der Waals surface area contributed by atoms with Gasteiger partial charge in [0.1, 0.15) is 5.01 Å². The van der Waals surface area contributed by atoms with E-state index in [1.54, 1.807) is 17.4 Å². The van der Waals surface area contributed by atoms with Crippen molar-refractivity contribution in [3.8, 4) is 16.3 Å². The van der Waals surface area contributed by atoms with Crippen LogP contribution in [-0.4, -0.2) is 19.1 Å². The summed E-state index contributed by atoms with van der Waals surface area (Å²) in [7, 11) is 3.34. The fourth-order valence-electron chi connectivity index (χ4n) is 1.68. The second kappa shape index (κ2) is 5.46. The lowest BCUT2D eigenvalue weighted by Crippen LogP contribution is -2.06. The molecule has 1 N–H and O–H groups in total. The van der Waals surface area contributed by atoms with Crippen LogP contribution >= 0.6 is 11.3 Å². The number of aromatic nitrogens is 1. The number of hydrogen-bond acceptors (Lipinski definition) is 4. The maximum absolute atomic E-state index is 13.6. The second-order valence-electron chi connectivity index (χ2n) is 3.90. The van der Waals surface area contributed by atoms with Gasteiger partial charge in [0, 0.05) is 17.0 Å². The molecule has 2 aromatic rings. The molecule has 0 saturated carbocycles. The van der Waals surface area contributed by atoms with Gasteiger partial charge in [0.05, 0.1) is 12.8 Å². The summed E-state index contributed by atoms with van der Waals surface area (Å²) in [6.07, 6.45) is 0. The minimum atomic E-state index is -0.363. The quantitative estimate of drug-likeness (QED) is 0.923. The number of halogens is 1. The Hall–Kier alpha value is -1.46. The van der Waals surface area contributed by atoms with Crippen LogP contribution in [0.4, 0.5) is 4.39 Å². The Kier molecular flexibility index (Phi) is 3.93. The zero-order valence-electron chi connectivity index (χ0n) is 10.6. The van der Waals surface area contributed by atoms with Crippen molar-refractivity contribution in [2.24, 2.45) is 0 Å². The fraction of sp³-hybridized carbons (Fsp3) is 0.308.